The first-order valence-electron chi connectivity index (χ1n) is 8.55. The zero-order chi connectivity index (χ0) is 20.3. The minimum absolute atomic E-state index is 0.240. The van der Waals surface area contributed by atoms with Gasteiger partial charge in [0.05, 0.1) is 11.4 Å². The van der Waals surface area contributed by atoms with Gasteiger partial charge in [0.2, 0.25) is 0 Å². The molecule has 1 heterocycles. The molecule has 0 N–H and O–H groups in total. The molecule has 0 radical (unpaired) electrons. The molecule has 0 aliphatic heterocycles. The molecule has 0 fully saturated rings. The first-order valence-corrected chi connectivity index (χ1v) is 8.93. The minimum atomic E-state index is -0.240. The predicted molar refractivity (Wildman–Crippen MR) is 113 cm³/mol. The van der Waals surface area contributed by atoms with E-state index in [1.54, 1.807) is 32.1 Å². The van der Waals surface area contributed by atoms with Gasteiger partial charge in [-0.15, -0.1) is 0 Å². The summed E-state index contributed by atoms with van der Waals surface area (Å²) in [4.78, 5) is 12.0. The van der Waals surface area contributed by atoms with E-state index in [4.69, 9.17) is 11.6 Å². The SMILES string of the molecule is C=Nc1ccc(Cl)nc1C(=C)N(C)CCN(C)/C(C)=C(F)/C=C\C.CC. The van der Waals surface area contributed by atoms with Crippen LogP contribution in [0.15, 0.2) is 47.4 Å². The summed E-state index contributed by atoms with van der Waals surface area (Å²) in [5.41, 5.74) is 2.49. The number of hydrogen-bond acceptors (Lipinski definition) is 4. The van der Waals surface area contributed by atoms with Gasteiger partial charge in [-0.3, -0.25) is 4.99 Å². The summed E-state index contributed by atoms with van der Waals surface area (Å²) in [5, 5.41) is 0.372. The van der Waals surface area contributed by atoms with Crippen molar-refractivity contribution in [3.05, 3.63) is 53.2 Å². The maximum absolute atomic E-state index is 13.8. The van der Waals surface area contributed by atoms with E-state index < -0.39 is 0 Å². The molecule has 0 aliphatic carbocycles. The topological polar surface area (TPSA) is 31.7 Å². The monoisotopic (exact) mass is 380 g/mol. The lowest BCUT2D eigenvalue weighted by atomic mass is 10.2. The average Bonchev–Trinajstić information content (AvgIpc) is 2.66. The van der Waals surface area contributed by atoms with E-state index >= 15 is 0 Å². The van der Waals surface area contributed by atoms with Gasteiger partial charge in [0.15, 0.2) is 0 Å². The largest absolute Gasteiger partial charge is 0.374 e. The number of rotatable bonds is 8. The van der Waals surface area contributed by atoms with Gasteiger partial charge < -0.3 is 9.80 Å². The highest BCUT2D eigenvalue weighted by atomic mass is 35.5. The number of pyridine rings is 1. The Hall–Kier alpha value is -2.14. The highest BCUT2D eigenvalue weighted by molar-refractivity contribution is 6.29. The third-order valence-electron chi connectivity index (χ3n) is 3.75. The van der Waals surface area contributed by atoms with Crippen molar-refractivity contribution in [1.29, 1.82) is 0 Å². The Morgan fingerprint density at radius 3 is 2.38 bits per heavy atom. The van der Waals surface area contributed by atoms with Crippen molar-refractivity contribution < 1.29 is 4.39 Å². The van der Waals surface area contributed by atoms with Gasteiger partial charge in [-0.1, -0.05) is 38.1 Å². The van der Waals surface area contributed by atoms with Crippen molar-refractivity contribution in [3.63, 3.8) is 0 Å². The number of nitrogens with zero attached hydrogens (tertiary/aromatic N) is 4. The number of allylic oxidation sites excluding steroid dienone is 4. The van der Waals surface area contributed by atoms with Crippen LogP contribution in [-0.2, 0) is 0 Å². The van der Waals surface area contributed by atoms with E-state index in [9.17, 15) is 4.39 Å². The van der Waals surface area contributed by atoms with Gasteiger partial charge in [-0.25, -0.2) is 9.37 Å². The number of likely N-dealkylation sites (N-methyl/N-ethyl adjacent to an activating group) is 2. The zero-order valence-electron chi connectivity index (χ0n) is 16.7. The van der Waals surface area contributed by atoms with Gasteiger partial charge in [0.1, 0.15) is 16.7 Å². The summed E-state index contributed by atoms with van der Waals surface area (Å²) in [5.74, 6) is -0.240. The molecule has 1 aromatic rings. The fourth-order valence-corrected chi connectivity index (χ4v) is 2.15. The Bertz CT molecular complexity index is 668. The number of aromatic nitrogens is 1. The maximum Gasteiger partial charge on any atom is 0.141 e. The minimum Gasteiger partial charge on any atom is -0.374 e. The molecule has 0 spiro atoms. The Kier molecular flexibility index (Phi) is 11.2. The first kappa shape index (κ1) is 23.9. The van der Waals surface area contributed by atoms with Crippen LogP contribution in [0.25, 0.3) is 5.70 Å². The molecule has 26 heavy (non-hydrogen) atoms. The van der Waals surface area contributed by atoms with Crippen molar-refractivity contribution in [1.82, 2.24) is 14.8 Å². The lowest BCUT2D eigenvalue weighted by molar-refractivity contribution is 0.347. The van der Waals surface area contributed by atoms with Gasteiger partial charge in [-0.05, 0) is 38.8 Å². The van der Waals surface area contributed by atoms with Crippen LogP contribution in [0, 0.1) is 0 Å². The summed E-state index contributed by atoms with van der Waals surface area (Å²) in [6.45, 7) is 16.4. The van der Waals surface area contributed by atoms with Crippen molar-refractivity contribution in [2.75, 3.05) is 27.2 Å². The number of hydrogen-bond donors (Lipinski definition) is 0. The Balaban J connectivity index is 0.00000301. The predicted octanol–water partition coefficient (Wildman–Crippen LogP) is 5.70. The van der Waals surface area contributed by atoms with Crippen LogP contribution < -0.4 is 0 Å². The first-order chi connectivity index (χ1) is 12.3. The summed E-state index contributed by atoms with van der Waals surface area (Å²) in [6.07, 6.45) is 3.13. The van der Waals surface area contributed by atoms with Crippen LogP contribution >= 0.6 is 11.6 Å². The summed E-state index contributed by atoms with van der Waals surface area (Å²) >= 11 is 5.96. The molecule has 0 amide bonds. The molecular formula is C20H30ClFN4. The molecule has 144 valence electrons. The molecule has 1 aromatic heterocycles. The van der Waals surface area contributed by atoms with Gasteiger partial charge in [0.25, 0.3) is 0 Å². The lowest BCUT2D eigenvalue weighted by Crippen LogP contribution is -2.29. The Morgan fingerprint density at radius 1 is 1.27 bits per heavy atom. The van der Waals surface area contributed by atoms with Crippen LogP contribution in [0.1, 0.15) is 33.4 Å². The number of aliphatic imine (C=N–C) groups is 1. The third kappa shape index (κ3) is 7.00. The maximum atomic E-state index is 13.8. The summed E-state index contributed by atoms with van der Waals surface area (Å²) in [7, 11) is 3.75. The second-order valence-electron chi connectivity index (χ2n) is 5.38. The fraction of sp³-hybridized carbons (Fsp3) is 0.400. The van der Waals surface area contributed by atoms with E-state index in [-0.39, 0.29) is 5.83 Å². The molecule has 4 nitrogen and oxygen atoms in total. The molecular weight excluding hydrogens is 351 g/mol. The molecule has 6 heteroatoms. The standard InChI is InChI=1S/C18H24ClFN4.C2H6/c1-7-8-15(20)13(2)23(5)11-12-24(6)14(3)18-16(21-4)9-10-17(19)22-18;1-2/h7-10H,3-4,11-12H2,1-2,5-6H3;1-2H3/b8-7-,15-13-;. The van der Waals surface area contributed by atoms with Crippen molar-refractivity contribution in [2.45, 2.75) is 27.7 Å². The van der Waals surface area contributed by atoms with E-state index in [1.165, 1.54) is 6.08 Å². The highest BCUT2D eigenvalue weighted by Crippen LogP contribution is 2.26. The second kappa shape index (κ2) is 12.3. The number of halogens is 2. The van der Waals surface area contributed by atoms with Crippen LogP contribution in [0.4, 0.5) is 10.1 Å². The lowest BCUT2D eigenvalue weighted by Gasteiger charge is -2.27. The van der Waals surface area contributed by atoms with E-state index in [1.807, 2.05) is 37.7 Å². The second-order valence-corrected chi connectivity index (χ2v) is 5.77. The van der Waals surface area contributed by atoms with Crippen molar-refractivity contribution in [3.8, 4) is 0 Å². The molecule has 0 bridgehead atoms. The fourth-order valence-electron chi connectivity index (χ4n) is 2.00. The van der Waals surface area contributed by atoms with Gasteiger partial charge in [-0.2, -0.15) is 0 Å². The Labute approximate surface area is 162 Å². The molecule has 0 saturated carbocycles. The van der Waals surface area contributed by atoms with Crippen molar-refractivity contribution in [2.24, 2.45) is 4.99 Å². The van der Waals surface area contributed by atoms with Gasteiger partial charge >= 0.3 is 0 Å². The summed E-state index contributed by atoms with van der Waals surface area (Å²) in [6, 6.07) is 3.41. The zero-order valence-corrected chi connectivity index (χ0v) is 17.4. The highest BCUT2D eigenvalue weighted by Gasteiger charge is 2.13. The smallest absolute Gasteiger partial charge is 0.141 e. The Morgan fingerprint density at radius 2 is 1.85 bits per heavy atom. The molecule has 0 unspecified atom stereocenters. The summed E-state index contributed by atoms with van der Waals surface area (Å²) < 4.78 is 13.8. The van der Waals surface area contributed by atoms with Crippen LogP contribution in [0.3, 0.4) is 0 Å². The van der Waals surface area contributed by atoms with E-state index in [2.05, 4.69) is 23.3 Å². The third-order valence-corrected chi connectivity index (χ3v) is 3.96. The molecule has 0 aromatic carbocycles. The molecule has 1 rings (SSSR count). The molecule has 0 aliphatic rings. The van der Waals surface area contributed by atoms with Crippen LogP contribution in [0.5, 0.6) is 0 Å². The molecule has 0 saturated heterocycles. The van der Waals surface area contributed by atoms with Crippen LogP contribution in [0.2, 0.25) is 5.15 Å². The normalized spacial score (nSPS) is 11.4. The molecule has 0 atom stereocenters. The average molecular weight is 381 g/mol. The van der Waals surface area contributed by atoms with Crippen molar-refractivity contribution >= 4 is 29.7 Å². The van der Waals surface area contributed by atoms with Gasteiger partial charge in [0, 0.05) is 32.9 Å². The van der Waals surface area contributed by atoms with E-state index in [0.717, 1.165) is 0 Å². The van der Waals surface area contributed by atoms with Crippen LogP contribution in [-0.4, -0.2) is 48.7 Å². The quantitative estimate of drug-likeness (QED) is 0.329. The van der Waals surface area contributed by atoms with E-state index in [0.29, 0.717) is 41.0 Å².